The van der Waals surface area contributed by atoms with Crippen molar-refractivity contribution in [1.29, 1.82) is 0 Å². The van der Waals surface area contributed by atoms with Crippen molar-refractivity contribution >= 4 is 11.9 Å². The topological polar surface area (TPSA) is 102 Å². The minimum atomic E-state index is -1.37. The van der Waals surface area contributed by atoms with Crippen LogP contribution >= 0.6 is 0 Å². The molecule has 2 rings (SSSR count). The average Bonchev–Trinajstić information content (AvgIpc) is 2.78. The maximum atomic E-state index is 11.2. The number of ether oxygens (including phenoxy) is 1. The molecule has 110 valence electrons. The number of aromatic carboxylic acids is 2. The Morgan fingerprint density at radius 2 is 1.81 bits per heavy atom. The smallest absolute Gasteiger partial charge is 0.357 e. The van der Waals surface area contributed by atoms with Crippen LogP contribution in [0.15, 0.2) is 24.3 Å². The second-order valence-corrected chi connectivity index (χ2v) is 4.26. The molecule has 0 aliphatic carbocycles. The van der Waals surface area contributed by atoms with Gasteiger partial charge in [0.25, 0.3) is 0 Å². The Hall–Kier alpha value is -2.83. The lowest BCUT2D eigenvalue weighted by atomic mass is 10.2. The molecular weight excluding hydrogens is 276 g/mol. The van der Waals surface area contributed by atoms with E-state index >= 15 is 0 Å². The fraction of sp³-hybridized carbons (Fsp3) is 0.214. The van der Waals surface area contributed by atoms with E-state index in [9.17, 15) is 9.59 Å². The Kier molecular flexibility index (Phi) is 3.93. The lowest BCUT2D eigenvalue weighted by Crippen LogP contribution is -2.07. The van der Waals surface area contributed by atoms with Crippen LogP contribution in [0.3, 0.4) is 0 Å². The highest BCUT2D eigenvalue weighted by Crippen LogP contribution is 2.21. The normalized spacial score (nSPS) is 10.4. The Labute approximate surface area is 120 Å². The summed E-state index contributed by atoms with van der Waals surface area (Å²) >= 11 is 0. The molecule has 0 aliphatic heterocycles. The minimum absolute atomic E-state index is 0.254. The van der Waals surface area contributed by atoms with Crippen molar-refractivity contribution in [3.8, 4) is 11.4 Å². The van der Waals surface area contributed by atoms with Crippen molar-refractivity contribution in [1.82, 2.24) is 9.78 Å². The lowest BCUT2D eigenvalue weighted by Gasteiger charge is -2.06. The lowest BCUT2D eigenvalue weighted by molar-refractivity contribution is 0.0648. The van der Waals surface area contributed by atoms with E-state index in [1.54, 1.807) is 24.3 Å². The molecule has 0 aliphatic rings. The maximum Gasteiger partial charge on any atom is 0.357 e. The molecule has 7 heteroatoms. The monoisotopic (exact) mass is 290 g/mol. The molecule has 0 radical (unpaired) electrons. The molecule has 0 bridgehead atoms. The fourth-order valence-corrected chi connectivity index (χ4v) is 2.01. The third-order valence-electron chi connectivity index (χ3n) is 2.93. The predicted molar refractivity (Wildman–Crippen MR) is 73.4 cm³/mol. The molecular formula is C14H14N2O5. The molecule has 2 aromatic rings. The molecule has 1 aromatic carbocycles. The first-order valence-electron chi connectivity index (χ1n) is 6.25. The summed E-state index contributed by atoms with van der Waals surface area (Å²) in [6.45, 7) is 3.91. The van der Waals surface area contributed by atoms with Gasteiger partial charge in [-0.1, -0.05) is 0 Å². The summed E-state index contributed by atoms with van der Waals surface area (Å²) in [5, 5.41) is 22.1. The van der Waals surface area contributed by atoms with Crippen molar-refractivity contribution in [3.05, 3.63) is 41.2 Å². The minimum Gasteiger partial charge on any atom is -0.494 e. The van der Waals surface area contributed by atoms with Gasteiger partial charge >= 0.3 is 11.9 Å². The van der Waals surface area contributed by atoms with E-state index in [-0.39, 0.29) is 11.3 Å². The molecule has 0 saturated carbocycles. The zero-order chi connectivity index (χ0) is 15.6. The van der Waals surface area contributed by atoms with Gasteiger partial charge in [-0.05, 0) is 38.1 Å². The van der Waals surface area contributed by atoms with Crippen LogP contribution in [0, 0.1) is 6.92 Å². The molecule has 0 atom stereocenters. The molecule has 2 N–H and O–H groups in total. The Morgan fingerprint density at radius 3 is 2.24 bits per heavy atom. The second-order valence-electron chi connectivity index (χ2n) is 4.26. The van der Waals surface area contributed by atoms with Gasteiger partial charge in [0.2, 0.25) is 0 Å². The van der Waals surface area contributed by atoms with Crippen molar-refractivity contribution in [2.24, 2.45) is 0 Å². The van der Waals surface area contributed by atoms with Gasteiger partial charge < -0.3 is 14.9 Å². The van der Waals surface area contributed by atoms with E-state index in [1.165, 1.54) is 11.6 Å². The van der Waals surface area contributed by atoms with E-state index in [0.717, 1.165) is 0 Å². The number of aromatic nitrogens is 2. The van der Waals surface area contributed by atoms with E-state index in [1.807, 2.05) is 6.92 Å². The highest BCUT2D eigenvalue weighted by molar-refractivity contribution is 6.01. The van der Waals surface area contributed by atoms with Crippen molar-refractivity contribution in [2.75, 3.05) is 6.61 Å². The molecule has 21 heavy (non-hydrogen) atoms. The second kappa shape index (κ2) is 5.66. The Bertz CT molecular complexity index is 688. The number of carboxylic acid groups (broad SMARTS) is 2. The highest BCUT2D eigenvalue weighted by Gasteiger charge is 2.25. The van der Waals surface area contributed by atoms with Gasteiger partial charge in [0.1, 0.15) is 11.3 Å². The van der Waals surface area contributed by atoms with Crippen LogP contribution in [0.5, 0.6) is 5.75 Å². The fourth-order valence-electron chi connectivity index (χ4n) is 2.01. The van der Waals surface area contributed by atoms with Crippen LogP contribution in [0.1, 0.15) is 33.5 Å². The first-order chi connectivity index (χ1) is 9.95. The van der Waals surface area contributed by atoms with Gasteiger partial charge in [-0.15, -0.1) is 0 Å². The average molecular weight is 290 g/mol. The van der Waals surface area contributed by atoms with Gasteiger partial charge in [-0.3, -0.25) is 0 Å². The van der Waals surface area contributed by atoms with Crippen LogP contribution in [-0.4, -0.2) is 38.5 Å². The van der Waals surface area contributed by atoms with E-state index in [2.05, 4.69) is 5.10 Å². The molecule has 0 fully saturated rings. The van der Waals surface area contributed by atoms with Gasteiger partial charge in [0.15, 0.2) is 5.69 Å². The van der Waals surface area contributed by atoms with E-state index < -0.39 is 17.6 Å². The molecule has 7 nitrogen and oxygen atoms in total. The predicted octanol–water partition coefficient (Wildman–Crippen LogP) is 1.98. The summed E-state index contributed by atoms with van der Waals surface area (Å²) in [6, 6.07) is 6.78. The third-order valence-corrected chi connectivity index (χ3v) is 2.93. The molecule has 0 spiro atoms. The van der Waals surface area contributed by atoms with Crippen molar-refractivity contribution in [3.63, 3.8) is 0 Å². The van der Waals surface area contributed by atoms with Gasteiger partial charge in [-0.2, -0.15) is 5.10 Å². The number of carboxylic acids is 2. The Balaban J connectivity index is 2.51. The molecule has 1 aromatic heterocycles. The summed E-state index contributed by atoms with van der Waals surface area (Å²) in [6.07, 6.45) is 0. The zero-order valence-electron chi connectivity index (χ0n) is 11.5. The number of hydrogen-bond acceptors (Lipinski definition) is 4. The maximum absolute atomic E-state index is 11.2. The number of nitrogens with zero attached hydrogens (tertiary/aromatic N) is 2. The van der Waals surface area contributed by atoms with Crippen LogP contribution < -0.4 is 4.74 Å². The molecule has 0 unspecified atom stereocenters. The number of carbonyl (C=O) groups is 2. The SMILES string of the molecule is CCOc1ccc(-n2nc(C(=O)O)c(C(=O)O)c2C)cc1. The van der Waals surface area contributed by atoms with Crippen molar-refractivity contribution < 1.29 is 24.5 Å². The highest BCUT2D eigenvalue weighted by atomic mass is 16.5. The Morgan fingerprint density at radius 1 is 1.19 bits per heavy atom. The van der Waals surface area contributed by atoms with Crippen LogP contribution in [0.2, 0.25) is 0 Å². The van der Waals surface area contributed by atoms with Crippen LogP contribution in [0.4, 0.5) is 0 Å². The van der Waals surface area contributed by atoms with Crippen molar-refractivity contribution in [2.45, 2.75) is 13.8 Å². The standard InChI is InChI=1S/C14H14N2O5/c1-3-21-10-6-4-9(5-7-10)16-8(2)11(13(17)18)12(15-16)14(19)20/h4-7H,3H2,1-2H3,(H,17,18)(H,19,20). The zero-order valence-corrected chi connectivity index (χ0v) is 11.5. The van der Waals surface area contributed by atoms with Gasteiger partial charge in [0.05, 0.1) is 18.0 Å². The summed E-state index contributed by atoms with van der Waals surface area (Å²) in [5.74, 6) is -2.02. The molecule has 0 amide bonds. The van der Waals surface area contributed by atoms with Crippen LogP contribution in [0.25, 0.3) is 5.69 Å². The summed E-state index contributed by atoms with van der Waals surface area (Å²) in [7, 11) is 0. The number of benzene rings is 1. The van der Waals surface area contributed by atoms with Gasteiger partial charge in [0, 0.05) is 0 Å². The summed E-state index contributed by atoms with van der Waals surface area (Å²) in [5.41, 5.74) is 0.0280. The molecule has 0 saturated heterocycles. The largest absolute Gasteiger partial charge is 0.494 e. The summed E-state index contributed by atoms with van der Waals surface area (Å²) < 4.78 is 6.61. The third kappa shape index (κ3) is 2.71. The van der Waals surface area contributed by atoms with E-state index in [0.29, 0.717) is 18.0 Å². The quantitative estimate of drug-likeness (QED) is 0.873. The number of hydrogen-bond donors (Lipinski definition) is 2. The van der Waals surface area contributed by atoms with E-state index in [4.69, 9.17) is 14.9 Å². The first kappa shape index (κ1) is 14.6. The molecule has 1 heterocycles. The van der Waals surface area contributed by atoms with Crippen LogP contribution in [-0.2, 0) is 0 Å². The first-order valence-corrected chi connectivity index (χ1v) is 6.25. The number of rotatable bonds is 5. The van der Waals surface area contributed by atoms with Gasteiger partial charge in [-0.25, -0.2) is 14.3 Å². The summed E-state index contributed by atoms with van der Waals surface area (Å²) in [4.78, 5) is 22.3.